The van der Waals surface area contributed by atoms with Crippen LogP contribution in [0.1, 0.15) is 5.01 Å². The normalized spacial score (nSPS) is 10.9. The van der Waals surface area contributed by atoms with Crippen LogP contribution in [0.5, 0.6) is 0 Å². The van der Waals surface area contributed by atoms with Crippen molar-refractivity contribution in [2.24, 2.45) is 5.10 Å². The molecule has 3 aromatic carbocycles. The van der Waals surface area contributed by atoms with Crippen LogP contribution >= 0.6 is 35.2 Å². The van der Waals surface area contributed by atoms with E-state index in [1.54, 1.807) is 18.3 Å². The van der Waals surface area contributed by atoms with E-state index in [2.05, 4.69) is 43.5 Å². The monoisotopic (exact) mass is 438 g/mol. The van der Waals surface area contributed by atoms with Gasteiger partial charge in [-0.15, -0.1) is 10.2 Å². The minimum atomic E-state index is 0.390. The van der Waals surface area contributed by atoms with Gasteiger partial charge < -0.3 is 10.6 Å². The number of aromatic nitrogens is 2. The van der Waals surface area contributed by atoms with E-state index in [4.69, 9.17) is 23.8 Å². The van der Waals surface area contributed by atoms with Crippen LogP contribution in [0, 0.1) is 0 Å². The number of hydrogen-bond acceptors (Lipinski definition) is 6. The highest BCUT2D eigenvalue weighted by molar-refractivity contribution is 7.80. The Balaban J connectivity index is 1.34. The first-order valence-electron chi connectivity index (χ1n) is 8.61. The molecule has 1 heterocycles. The van der Waals surface area contributed by atoms with Crippen LogP contribution in [0.4, 0.5) is 16.5 Å². The second-order valence-electron chi connectivity index (χ2n) is 5.93. The maximum atomic E-state index is 5.89. The molecule has 0 amide bonds. The lowest BCUT2D eigenvalue weighted by Crippen LogP contribution is -2.23. The van der Waals surface area contributed by atoms with Gasteiger partial charge in [-0.1, -0.05) is 59.3 Å². The summed E-state index contributed by atoms with van der Waals surface area (Å²) >= 11 is 12.6. The van der Waals surface area contributed by atoms with Gasteiger partial charge in [0.05, 0.1) is 6.21 Å². The van der Waals surface area contributed by atoms with E-state index in [1.165, 1.54) is 11.3 Å². The number of hydrazone groups is 1. The lowest BCUT2D eigenvalue weighted by atomic mass is 10.1. The van der Waals surface area contributed by atoms with Gasteiger partial charge in [0.2, 0.25) is 5.13 Å². The number of benzene rings is 3. The van der Waals surface area contributed by atoms with Crippen molar-refractivity contribution in [2.45, 2.75) is 0 Å². The van der Waals surface area contributed by atoms with Crippen molar-refractivity contribution >= 4 is 73.8 Å². The van der Waals surface area contributed by atoms with Gasteiger partial charge in [0.25, 0.3) is 0 Å². The molecule has 4 aromatic rings. The number of nitrogens with zero attached hydrogens (tertiary/aromatic N) is 3. The Morgan fingerprint density at radius 1 is 1.00 bits per heavy atom. The molecule has 0 atom stereocenters. The average molecular weight is 439 g/mol. The molecule has 0 aliphatic rings. The number of nitrogens with one attached hydrogen (secondary N) is 3. The van der Waals surface area contributed by atoms with E-state index in [0.29, 0.717) is 20.3 Å². The fraction of sp³-hybridized carbons (Fsp3) is 0. The van der Waals surface area contributed by atoms with Gasteiger partial charge in [-0.25, -0.2) is 0 Å². The zero-order valence-corrected chi connectivity index (χ0v) is 17.4. The van der Waals surface area contributed by atoms with E-state index in [1.807, 2.05) is 42.5 Å². The van der Waals surface area contributed by atoms with E-state index in [0.717, 1.165) is 22.1 Å². The highest BCUT2D eigenvalue weighted by atomic mass is 35.5. The van der Waals surface area contributed by atoms with Crippen LogP contribution in [0.3, 0.4) is 0 Å². The van der Waals surface area contributed by atoms with Gasteiger partial charge in [0.1, 0.15) is 0 Å². The molecule has 0 fully saturated rings. The second kappa shape index (κ2) is 8.95. The second-order valence-corrected chi connectivity index (χ2v) is 7.78. The van der Waals surface area contributed by atoms with Crippen molar-refractivity contribution in [2.75, 3.05) is 10.6 Å². The first-order chi connectivity index (χ1) is 14.2. The lowest BCUT2D eigenvalue weighted by Gasteiger charge is -2.09. The Labute approximate surface area is 181 Å². The lowest BCUT2D eigenvalue weighted by molar-refractivity contribution is 1.04. The number of halogens is 1. The fourth-order valence-corrected chi connectivity index (χ4v) is 3.55. The largest absolute Gasteiger partial charge is 0.331 e. The molecule has 1 aromatic heterocycles. The zero-order valence-electron chi connectivity index (χ0n) is 15.0. The summed E-state index contributed by atoms with van der Waals surface area (Å²) in [5.74, 6) is 0. The number of fused-ring (bicyclic) bond motifs is 1. The van der Waals surface area contributed by atoms with Crippen LogP contribution in [-0.2, 0) is 0 Å². The van der Waals surface area contributed by atoms with E-state index < -0.39 is 0 Å². The van der Waals surface area contributed by atoms with E-state index >= 15 is 0 Å². The molecule has 0 radical (unpaired) electrons. The van der Waals surface area contributed by atoms with Crippen LogP contribution in [0.2, 0.25) is 5.02 Å². The molecule has 9 heteroatoms. The third-order valence-corrected chi connectivity index (χ3v) is 5.13. The van der Waals surface area contributed by atoms with Gasteiger partial charge in [-0.3, -0.25) is 5.43 Å². The summed E-state index contributed by atoms with van der Waals surface area (Å²) in [6.45, 7) is 0. The smallest absolute Gasteiger partial charge is 0.210 e. The Morgan fingerprint density at radius 2 is 1.79 bits per heavy atom. The zero-order chi connectivity index (χ0) is 20.1. The summed E-state index contributed by atoms with van der Waals surface area (Å²) < 4.78 is 0. The van der Waals surface area contributed by atoms with E-state index in [9.17, 15) is 0 Å². The molecular weight excluding hydrogens is 424 g/mol. The third kappa shape index (κ3) is 5.05. The van der Waals surface area contributed by atoms with Gasteiger partial charge in [0.15, 0.2) is 10.1 Å². The first-order valence-corrected chi connectivity index (χ1v) is 10.2. The highest BCUT2D eigenvalue weighted by Crippen LogP contribution is 2.23. The quantitative estimate of drug-likeness (QED) is 0.220. The van der Waals surface area contributed by atoms with Crippen LogP contribution in [0.15, 0.2) is 71.8 Å². The van der Waals surface area contributed by atoms with Crippen molar-refractivity contribution in [1.82, 2.24) is 15.6 Å². The topological polar surface area (TPSA) is 74.2 Å². The summed E-state index contributed by atoms with van der Waals surface area (Å²) in [7, 11) is 0. The van der Waals surface area contributed by atoms with Gasteiger partial charge >= 0.3 is 0 Å². The summed E-state index contributed by atoms with van der Waals surface area (Å²) in [5.41, 5.74) is 4.60. The molecule has 144 valence electrons. The van der Waals surface area contributed by atoms with Crippen molar-refractivity contribution in [3.63, 3.8) is 0 Å². The van der Waals surface area contributed by atoms with Gasteiger partial charge in [-0.05, 0) is 47.9 Å². The minimum absolute atomic E-state index is 0.390. The van der Waals surface area contributed by atoms with Crippen molar-refractivity contribution in [1.29, 1.82) is 0 Å². The predicted molar refractivity (Wildman–Crippen MR) is 126 cm³/mol. The molecule has 0 spiro atoms. The van der Waals surface area contributed by atoms with Crippen LogP contribution in [-0.4, -0.2) is 21.5 Å². The first kappa shape index (κ1) is 19.3. The van der Waals surface area contributed by atoms with Gasteiger partial charge in [0, 0.05) is 21.8 Å². The molecule has 3 N–H and O–H groups in total. The molecule has 0 aliphatic heterocycles. The molecule has 0 unspecified atom stereocenters. The SMILES string of the molecule is S=C(NN=Cc1nnc(Nc2ccc(Cl)cc2)s1)Nc1cccc2ccccc12. The van der Waals surface area contributed by atoms with Crippen LogP contribution < -0.4 is 16.1 Å². The molecule has 6 nitrogen and oxygen atoms in total. The molecule has 0 bridgehead atoms. The molecule has 4 rings (SSSR count). The van der Waals surface area contributed by atoms with E-state index in [-0.39, 0.29) is 0 Å². The molecule has 29 heavy (non-hydrogen) atoms. The molecule has 0 saturated carbocycles. The predicted octanol–water partition coefficient (Wildman–Crippen LogP) is 5.41. The van der Waals surface area contributed by atoms with Crippen molar-refractivity contribution in [3.05, 3.63) is 76.8 Å². The maximum Gasteiger partial charge on any atom is 0.210 e. The summed E-state index contributed by atoms with van der Waals surface area (Å²) in [6.07, 6.45) is 1.57. The highest BCUT2D eigenvalue weighted by Gasteiger charge is 2.04. The summed E-state index contributed by atoms with van der Waals surface area (Å²) in [5, 5.41) is 23.2. The van der Waals surface area contributed by atoms with Crippen LogP contribution in [0.25, 0.3) is 10.8 Å². The standard InChI is InChI=1S/C20H15ClN6S2/c21-14-8-10-15(11-9-14)23-20-27-25-18(29-20)12-22-26-19(28)24-17-7-3-5-13-4-1-2-6-16(13)17/h1-12H,(H,23,27)(H2,24,26,28). The molecule has 0 aliphatic carbocycles. The number of hydrogen-bond donors (Lipinski definition) is 3. The Kier molecular flexibility index (Phi) is 5.95. The number of thiocarbonyl (C=S) groups is 1. The fourth-order valence-electron chi connectivity index (χ4n) is 2.62. The summed E-state index contributed by atoms with van der Waals surface area (Å²) in [6, 6.07) is 21.5. The third-order valence-electron chi connectivity index (χ3n) is 3.92. The molecule has 0 saturated heterocycles. The number of anilines is 3. The Hall–Kier alpha value is -3.07. The minimum Gasteiger partial charge on any atom is -0.331 e. The Morgan fingerprint density at radius 3 is 2.66 bits per heavy atom. The molecular formula is C20H15ClN6S2. The van der Waals surface area contributed by atoms with Crippen molar-refractivity contribution in [3.8, 4) is 0 Å². The maximum absolute atomic E-state index is 5.89. The van der Waals surface area contributed by atoms with Gasteiger partial charge in [-0.2, -0.15) is 5.10 Å². The average Bonchev–Trinajstić information content (AvgIpc) is 3.17. The number of rotatable bonds is 5. The Bertz CT molecular complexity index is 1170. The summed E-state index contributed by atoms with van der Waals surface area (Å²) in [4.78, 5) is 0. The van der Waals surface area contributed by atoms with Crippen molar-refractivity contribution < 1.29 is 0 Å².